The van der Waals surface area contributed by atoms with Gasteiger partial charge in [0.05, 0.1) is 17.2 Å². The molecule has 1 aromatic rings. The van der Waals surface area contributed by atoms with Crippen LogP contribution in [-0.4, -0.2) is 23.5 Å². The predicted molar refractivity (Wildman–Crippen MR) is 61.8 cm³/mol. The highest BCUT2D eigenvalue weighted by Gasteiger charge is 2.26. The van der Waals surface area contributed by atoms with Crippen LogP contribution in [0.4, 0.5) is 0 Å². The van der Waals surface area contributed by atoms with Gasteiger partial charge < -0.3 is 14.8 Å². The van der Waals surface area contributed by atoms with Gasteiger partial charge in [0.25, 0.3) is 5.91 Å². The maximum atomic E-state index is 11.7. The molecule has 0 aromatic carbocycles. The van der Waals surface area contributed by atoms with Crippen molar-refractivity contribution in [1.29, 1.82) is 0 Å². The lowest BCUT2D eigenvalue weighted by Gasteiger charge is -2.18. The molecule has 1 heterocycles. The van der Waals surface area contributed by atoms with Crippen molar-refractivity contribution in [2.75, 3.05) is 6.54 Å². The third kappa shape index (κ3) is 3.34. The molecule has 1 amide bonds. The van der Waals surface area contributed by atoms with Crippen LogP contribution in [-0.2, 0) is 4.79 Å². The van der Waals surface area contributed by atoms with E-state index in [-0.39, 0.29) is 5.91 Å². The van der Waals surface area contributed by atoms with Crippen molar-refractivity contribution in [3.05, 3.63) is 23.7 Å². The maximum Gasteiger partial charge on any atom is 0.309 e. The van der Waals surface area contributed by atoms with E-state index in [1.54, 1.807) is 26.8 Å². The third-order valence-corrected chi connectivity index (χ3v) is 2.72. The molecule has 5 heteroatoms. The van der Waals surface area contributed by atoms with Gasteiger partial charge in [0.15, 0.2) is 0 Å². The van der Waals surface area contributed by atoms with Crippen molar-refractivity contribution in [3.63, 3.8) is 0 Å². The van der Waals surface area contributed by atoms with Gasteiger partial charge >= 0.3 is 5.97 Å². The molecule has 0 aliphatic carbocycles. The Morgan fingerprint density at radius 1 is 1.47 bits per heavy atom. The molecule has 1 aromatic heterocycles. The summed E-state index contributed by atoms with van der Waals surface area (Å²) in [5, 5.41) is 11.6. The molecule has 0 unspecified atom stereocenters. The van der Waals surface area contributed by atoms with Crippen LogP contribution in [0, 0.1) is 12.3 Å². The van der Waals surface area contributed by atoms with E-state index in [0.717, 1.165) is 0 Å². The molecule has 94 valence electrons. The van der Waals surface area contributed by atoms with Gasteiger partial charge in [-0.3, -0.25) is 9.59 Å². The van der Waals surface area contributed by atoms with Gasteiger partial charge in [0.1, 0.15) is 5.76 Å². The highest BCUT2D eigenvalue weighted by molar-refractivity contribution is 5.95. The van der Waals surface area contributed by atoms with Crippen molar-refractivity contribution in [2.45, 2.75) is 27.2 Å². The van der Waals surface area contributed by atoms with Crippen LogP contribution in [0.5, 0.6) is 0 Å². The summed E-state index contributed by atoms with van der Waals surface area (Å²) >= 11 is 0. The fraction of sp³-hybridized carbons (Fsp3) is 0.500. The zero-order valence-corrected chi connectivity index (χ0v) is 10.2. The number of carbonyl (C=O) groups is 2. The normalized spacial score (nSPS) is 11.2. The van der Waals surface area contributed by atoms with E-state index in [9.17, 15) is 9.59 Å². The van der Waals surface area contributed by atoms with E-state index >= 15 is 0 Å². The smallest absolute Gasteiger partial charge is 0.309 e. The molecule has 0 spiro atoms. The standard InChI is InChI=1S/C12H17NO4/c1-8-9(4-7-17-8)10(14)13-6-5-12(2,3)11(15)16/h4,7H,5-6H2,1-3H3,(H,13,14)(H,15,16). The van der Waals surface area contributed by atoms with Crippen LogP contribution in [0.2, 0.25) is 0 Å². The molecule has 1 rings (SSSR count). The van der Waals surface area contributed by atoms with E-state index in [0.29, 0.717) is 24.3 Å². The quantitative estimate of drug-likeness (QED) is 0.821. The number of rotatable bonds is 5. The van der Waals surface area contributed by atoms with Crippen molar-refractivity contribution in [1.82, 2.24) is 5.32 Å². The Balaban J connectivity index is 2.46. The summed E-state index contributed by atoms with van der Waals surface area (Å²) in [5.41, 5.74) is -0.350. The first kappa shape index (κ1) is 13.3. The molecule has 0 aliphatic rings. The lowest BCUT2D eigenvalue weighted by atomic mass is 9.90. The molecule has 0 aliphatic heterocycles. The average Bonchev–Trinajstić information content (AvgIpc) is 2.63. The van der Waals surface area contributed by atoms with Crippen molar-refractivity contribution in [2.24, 2.45) is 5.41 Å². The Labute approximate surface area is 99.8 Å². The Kier molecular flexibility index (Phi) is 3.93. The van der Waals surface area contributed by atoms with E-state index in [4.69, 9.17) is 9.52 Å². The van der Waals surface area contributed by atoms with Gasteiger partial charge in [-0.1, -0.05) is 0 Å². The number of aryl methyl sites for hydroxylation is 1. The Bertz CT molecular complexity index is 420. The van der Waals surface area contributed by atoms with Gasteiger partial charge in [-0.2, -0.15) is 0 Å². The monoisotopic (exact) mass is 239 g/mol. The highest BCUT2D eigenvalue weighted by Crippen LogP contribution is 2.19. The molecule has 17 heavy (non-hydrogen) atoms. The van der Waals surface area contributed by atoms with Crippen molar-refractivity contribution < 1.29 is 19.1 Å². The second-order valence-electron chi connectivity index (χ2n) is 4.59. The Morgan fingerprint density at radius 2 is 2.12 bits per heavy atom. The minimum Gasteiger partial charge on any atom is -0.481 e. The van der Waals surface area contributed by atoms with Crippen LogP contribution in [0.1, 0.15) is 36.4 Å². The molecule has 0 fully saturated rings. The summed E-state index contributed by atoms with van der Waals surface area (Å²) in [7, 11) is 0. The first-order valence-corrected chi connectivity index (χ1v) is 5.40. The van der Waals surface area contributed by atoms with Gasteiger partial charge in [-0.25, -0.2) is 0 Å². The summed E-state index contributed by atoms with van der Waals surface area (Å²) in [4.78, 5) is 22.5. The minimum absolute atomic E-state index is 0.238. The molecule has 5 nitrogen and oxygen atoms in total. The zero-order valence-electron chi connectivity index (χ0n) is 10.2. The first-order valence-electron chi connectivity index (χ1n) is 5.40. The topological polar surface area (TPSA) is 79.5 Å². The molecule has 2 N–H and O–H groups in total. The van der Waals surface area contributed by atoms with Crippen LogP contribution >= 0.6 is 0 Å². The molecular formula is C12H17NO4. The average molecular weight is 239 g/mol. The number of carboxylic acid groups (broad SMARTS) is 1. The van der Waals surface area contributed by atoms with Gasteiger partial charge in [-0.15, -0.1) is 0 Å². The van der Waals surface area contributed by atoms with E-state index in [1.165, 1.54) is 6.26 Å². The predicted octanol–water partition coefficient (Wildman–Crippen LogP) is 1.82. The number of furan rings is 1. The van der Waals surface area contributed by atoms with E-state index in [2.05, 4.69) is 5.32 Å². The molecule has 0 saturated carbocycles. The Morgan fingerprint density at radius 3 is 2.59 bits per heavy atom. The lowest BCUT2D eigenvalue weighted by Crippen LogP contribution is -2.32. The fourth-order valence-corrected chi connectivity index (χ4v) is 1.31. The summed E-state index contributed by atoms with van der Waals surface area (Å²) < 4.78 is 5.02. The highest BCUT2D eigenvalue weighted by atomic mass is 16.4. The Hall–Kier alpha value is -1.78. The zero-order chi connectivity index (χ0) is 13.1. The number of aliphatic carboxylic acids is 1. The first-order chi connectivity index (χ1) is 7.84. The van der Waals surface area contributed by atoms with Gasteiger partial charge in [-0.05, 0) is 33.3 Å². The second-order valence-corrected chi connectivity index (χ2v) is 4.59. The molecule has 0 radical (unpaired) electrons. The lowest BCUT2D eigenvalue weighted by molar-refractivity contribution is -0.147. The van der Waals surface area contributed by atoms with Crippen LogP contribution in [0.15, 0.2) is 16.7 Å². The molecular weight excluding hydrogens is 222 g/mol. The molecule has 0 bridgehead atoms. The minimum atomic E-state index is -0.869. The summed E-state index contributed by atoms with van der Waals surface area (Å²) in [5.74, 6) is -0.552. The van der Waals surface area contributed by atoms with Gasteiger partial charge in [0, 0.05) is 6.54 Å². The molecule has 0 saturated heterocycles. The van der Waals surface area contributed by atoms with Crippen molar-refractivity contribution in [3.8, 4) is 0 Å². The number of amides is 1. The maximum absolute atomic E-state index is 11.7. The van der Waals surface area contributed by atoms with E-state index < -0.39 is 11.4 Å². The summed E-state index contributed by atoms with van der Waals surface area (Å²) in [6.07, 6.45) is 1.83. The van der Waals surface area contributed by atoms with Crippen LogP contribution < -0.4 is 5.32 Å². The molecule has 0 atom stereocenters. The fourth-order valence-electron chi connectivity index (χ4n) is 1.31. The second kappa shape index (κ2) is 5.03. The SMILES string of the molecule is Cc1occc1C(=O)NCCC(C)(C)C(=O)O. The third-order valence-electron chi connectivity index (χ3n) is 2.72. The number of hydrogen-bond acceptors (Lipinski definition) is 3. The number of hydrogen-bond donors (Lipinski definition) is 2. The van der Waals surface area contributed by atoms with Gasteiger partial charge in [0.2, 0.25) is 0 Å². The number of carboxylic acids is 1. The number of nitrogens with one attached hydrogen (secondary N) is 1. The van der Waals surface area contributed by atoms with Crippen molar-refractivity contribution >= 4 is 11.9 Å². The van der Waals surface area contributed by atoms with E-state index in [1.807, 2.05) is 0 Å². The summed E-state index contributed by atoms with van der Waals surface area (Å²) in [6, 6.07) is 1.59. The van der Waals surface area contributed by atoms with Crippen LogP contribution in [0.25, 0.3) is 0 Å². The summed E-state index contributed by atoms with van der Waals surface area (Å²) in [6.45, 7) is 5.29. The van der Waals surface area contributed by atoms with Crippen LogP contribution in [0.3, 0.4) is 0 Å². The number of carbonyl (C=O) groups excluding carboxylic acids is 1. The largest absolute Gasteiger partial charge is 0.481 e.